The predicted octanol–water partition coefficient (Wildman–Crippen LogP) is 3.50. The number of benzene rings is 2. The number of hydrogen-bond acceptors (Lipinski definition) is 4. The van der Waals surface area contributed by atoms with Crippen molar-refractivity contribution >= 4 is 46.6 Å². The van der Waals surface area contributed by atoms with Crippen LogP contribution in [0.25, 0.3) is 0 Å². The number of piperazine rings is 1. The zero-order valence-electron chi connectivity index (χ0n) is 15.2. The molecule has 8 heteroatoms. The minimum absolute atomic E-state index is 0.0263. The SMILES string of the molecule is O=C(CSCC(=O)N1CCN(c2ccccc2Cl)CC1)Nc1ccc(F)cc1. The number of hydrogen-bond donors (Lipinski definition) is 1. The van der Waals surface area contributed by atoms with E-state index in [1.807, 2.05) is 29.2 Å². The molecule has 2 aromatic rings. The van der Waals surface area contributed by atoms with Crippen LogP contribution < -0.4 is 10.2 Å². The molecule has 1 aliphatic heterocycles. The number of nitrogens with zero attached hydrogens (tertiary/aromatic N) is 2. The number of carbonyl (C=O) groups is 2. The predicted molar refractivity (Wildman–Crippen MR) is 113 cm³/mol. The van der Waals surface area contributed by atoms with Crippen molar-refractivity contribution in [1.29, 1.82) is 0 Å². The molecule has 28 heavy (non-hydrogen) atoms. The highest BCUT2D eigenvalue weighted by atomic mass is 35.5. The Morgan fingerprint density at radius 1 is 1.00 bits per heavy atom. The summed E-state index contributed by atoms with van der Waals surface area (Å²) in [5, 5.41) is 3.39. The van der Waals surface area contributed by atoms with Crippen molar-refractivity contribution in [2.24, 2.45) is 0 Å². The summed E-state index contributed by atoms with van der Waals surface area (Å²) in [5.41, 5.74) is 1.53. The van der Waals surface area contributed by atoms with Crippen LogP contribution in [0.2, 0.25) is 5.02 Å². The third-order valence-electron chi connectivity index (χ3n) is 4.41. The van der Waals surface area contributed by atoms with E-state index in [1.165, 1.54) is 36.0 Å². The minimum atomic E-state index is -0.354. The van der Waals surface area contributed by atoms with Crippen molar-refractivity contribution in [1.82, 2.24) is 4.90 Å². The van der Waals surface area contributed by atoms with Crippen molar-refractivity contribution in [3.8, 4) is 0 Å². The Balaban J connectivity index is 1.38. The van der Waals surface area contributed by atoms with Gasteiger partial charge in [-0.15, -0.1) is 11.8 Å². The lowest BCUT2D eigenvalue weighted by Crippen LogP contribution is -2.49. The van der Waals surface area contributed by atoms with Crippen LogP contribution in [0.1, 0.15) is 0 Å². The second-order valence-electron chi connectivity index (χ2n) is 6.37. The Kier molecular flexibility index (Phi) is 7.17. The minimum Gasteiger partial charge on any atom is -0.367 e. The van der Waals surface area contributed by atoms with Crippen molar-refractivity contribution in [3.63, 3.8) is 0 Å². The highest BCUT2D eigenvalue weighted by Crippen LogP contribution is 2.26. The summed E-state index contributed by atoms with van der Waals surface area (Å²) in [5.74, 6) is -0.120. The Hall–Kier alpha value is -2.25. The molecule has 0 radical (unpaired) electrons. The fourth-order valence-electron chi connectivity index (χ4n) is 2.96. The Morgan fingerprint density at radius 2 is 1.68 bits per heavy atom. The van der Waals surface area contributed by atoms with Gasteiger partial charge in [0.05, 0.1) is 22.2 Å². The van der Waals surface area contributed by atoms with Gasteiger partial charge in [-0.1, -0.05) is 23.7 Å². The van der Waals surface area contributed by atoms with Crippen molar-refractivity contribution in [3.05, 3.63) is 59.4 Å². The summed E-state index contributed by atoms with van der Waals surface area (Å²) >= 11 is 7.51. The zero-order chi connectivity index (χ0) is 19.9. The molecule has 1 saturated heterocycles. The molecule has 2 amide bonds. The number of anilines is 2. The van der Waals surface area contributed by atoms with E-state index in [0.717, 1.165) is 18.8 Å². The van der Waals surface area contributed by atoms with Crippen LogP contribution in [0.3, 0.4) is 0 Å². The second-order valence-corrected chi connectivity index (χ2v) is 7.76. The lowest BCUT2D eigenvalue weighted by molar-refractivity contribution is -0.128. The van der Waals surface area contributed by atoms with Gasteiger partial charge < -0.3 is 15.1 Å². The third kappa shape index (κ3) is 5.62. The van der Waals surface area contributed by atoms with Crippen LogP contribution in [0.15, 0.2) is 48.5 Å². The van der Waals surface area contributed by atoms with Gasteiger partial charge in [-0.2, -0.15) is 0 Å². The first-order valence-corrected chi connectivity index (χ1v) is 10.5. The third-order valence-corrected chi connectivity index (χ3v) is 5.65. The molecule has 1 N–H and O–H groups in total. The fraction of sp³-hybridized carbons (Fsp3) is 0.300. The summed E-state index contributed by atoms with van der Waals surface area (Å²) in [6.07, 6.45) is 0. The Morgan fingerprint density at radius 3 is 2.36 bits per heavy atom. The first-order valence-electron chi connectivity index (χ1n) is 8.93. The first kappa shape index (κ1) is 20.5. The summed E-state index contributed by atoms with van der Waals surface area (Å²) in [4.78, 5) is 28.3. The summed E-state index contributed by atoms with van der Waals surface area (Å²) < 4.78 is 12.9. The molecule has 0 saturated carbocycles. The molecule has 1 fully saturated rings. The summed E-state index contributed by atoms with van der Waals surface area (Å²) in [7, 11) is 0. The molecule has 1 aliphatic rings. The Bertz CT molecular complexity index is 826. The van der Waals surface area contributed by atoms with E-state index in [4.69, 9.17) is 11.6 Å². The topological polar surface area (TPSA) is 52.7 Å². The van der Waals surface area contributed by atoms with Crippen molar-refractivity contribution in [2.75, 3.05) is 47.9 Å². The van der Waals surface area contributed by atoms with Gasteiger partial charge in [0.2, 0.25) is 11.8 Å². The molecular formula is C20H21ClFN3O2S. The highest BCUT2D eigenvalue weighted by Gasteiger charge is 2.22. The maximum Gasteiger partial charge on any atom is 0.234 e. The van der Waals surface area contributed by atoms with Crippen LogP contribution >= 0.6 is 23.4 Å². The van der Waals surface area contributed by atoms with E-state index in [0.29, 0.717) is 23.8 Å². The largest absolute Gasteiger partial charge is 0.367 e. The molecular weight excluding hydrogens is 401 g/mol. The second kappa shape index (κ2) is 9.80. The lowest BCUT2D eigenvalue weighted by Gasteiger charge is -2.36. The molecule has 0 bridgehead atoms. The van der Waals surface area contributed by atoms with Crippen molar-refractivity contribution in [2.45, 2.75) is 0 Å². The highest BCUT2D eigenvalue weighted by molar-refractivity contribution is 8.00. The standard InChI is InChI=1S/C20H21ClFN3O2S/c21-17-3-1-2-4-18(17)24-9-11-25(12-10-24)20(27)14-28-13-19(26)23-16-7-5-15(22)6-8-16/h1-8H,9-14H2,(H,23,26). The summed E-state index contributed by atoms with van der Waals surface area (Å²) in [6, 6.07) is 13.3. The number of halogens is 2. The molecule has 3 rings (SSSR count). The average molecular weight is 422 g/mol. The number of amides is 2. The smallest absolute Gasteiger partial charge is 0.234 e. The quantitative estimate of drug-likeness (QED) is 0.775. The average Bonchev–Trinajstić information content (AvgIpc) is 2.70. The van der Waals surface area contributed by atoms with Crippen LogP contribution in [0.4, 0.5) is 15.8 Å². The number of carbonyl (C=O) groups excluding carboxylic acids is 2. The summed E-state index contributed by atoms with van der Waals surface area (Å²) in [6.45, 7) is 2.72. The van der Waals surface area contributed by atoms with Crippen LogP contribution in [0.5, 0.6) is 0 Å². The van der Waals surface area contributed by atoms with Gasteiger partial charge in [0, 0.05) is 31.9 Å². The van der Waals surface area contributed by atoms with E-state index in [1.54, 1.807) is 0 Å². The van der Waals surface area contributed by atoms with Gasteiger partial charge in [0.15, 0.2) is 0 Å². The lowest BCUT2D eigenvalue weighted by atomic mass is 10.2. The van der Waals surface area contributed by atoms with Gasteiger partial charge in [-0.3, -0.25) is 9.59 Å². The van der Waals surface area contributed by atoms with E-state index < -0.39 is 0 Å². The van der Waals surface area contributed by atoms with E-state index in [9.17, 15) is 14.0 Å². The van der Waals surface area contributed by atoms with Gasteiger partial charge in [0.1, 0.15) is 5.82 Å². The number of para-hydroxylation sites is 1. The molecule has 0 atom stereocenters. The molecule has 5 nitrogen and oxygen atoms in total. The zero-order valence-corrected chi connectivity index (χ0v) is 16.8. The molecule has 0 aromatic heterocycles. The monoisotopic (exact) mass is 421 g/mol. The van der Waals surface area contributed by atoms with Crippen LogP contribution in [0, 0.1) is 5.82 Å². The van der Waals surface area contributed by atoms with Gasteiger partial charge in [-0.25, -0.2) is 4.39 Å². The van der Waals surface area contributed by atoms with E-state index >= 15 is 0 Å². The number of thioether (sulfide) groups is 1. The van der Waals surface area contributed by atoms with Gasteiger partial charge >= 0.3 is 0 Å². The maximum absolute atomic E-state index is 12.9. The van der Waals surface area contributed by atoms with Gasteiger partial charge in [-0.05, 0) is 36.4 Å². The maximum atomic E-state index is 12.9. The fourth-order valence-corrected chi connectivity index (χ4v) is 3.93. The number of rotatable bonds is 6. The van der Waals surface area contributed by atoms with Gasteiger partial charge in [0.25, 0.3) is 0 Å². The molecule has 0 spiro atoms. The first-order chi connectivity index (χ1) is 13.5. The normalized spacial score (nSPS) is 14.1. The number of nitrogens with one attached hydrogen (secondary N) is 1. The molecule has 148 valence electrons. The molecule has 0 unspecified atom stereocenters. The molecule has 1 heterocycles. The van der Waals surface area contributed by atoms with E-state index in [2.05, 4.69) is 10.2 Å². The van der Waals surface area contributed by atoms with Crippen molar-refractivity contribution < 1.29 is 14.0 Å². The molecule has 0 aliphatic carbocycles. The van der Waals surface area contributed by atoms with Crippen LogP contribution in [-0.2, 0) is 9.59 Å². The van der Waals surface area contributed by atoms with E-state index in [-0.39, 0.29) is 29.1 Å². The molecule has 2 aromatic carbocycles. The van der Waals surface area contributed by atoms with Crippen LogP contribution in [-0.4, -0.2) is 54.4 Å². The Labute approximate surface area is 172 Å².